The smallest absolute Gasteiger partial charge is 0.240 e. The van der Waals surface area contributed by atoms with Gasteiger partial charge in [-0.2, -0.15) is 0 Å². The molecule has 1 fully saturated rings. The van der Waals surface area contributed by atoms with E-state index >= 15 is 0 Å². The number of hydrogen-bond acceptors (Lipinski definition) is 2. The molecule has 0 saturated heterocycles. The van der Waals surface area contributed by atoms with Crippen LogP contribution in [0.1, 0.15) is 56.9 Å². The molecule has 0 bridgehead atoms. The maximum atomic E-state index is 12.1. The van der Waals surface area contributed by atoms with E-state index in [1.165, 1.54) is 18.4 Å². The van der Waals surface area contributed by atoms with Crippen molar-refractivity contribution in [3.8, 4) is 0 Å². The van der Waals surface area contributed by atoms with Crippen LogP contribution in [0.2, 0.25) is 0 Å². The highest BCUT2D eigenvalue weighted by molar-refractivity contribution is 5.86. The number of hydrogen-bond donors (Lipinski definition) is 2. The zero-order valence-electron chi connectivity index (χ0n) is 12.9. The third-order valence-corrected chi connectivity index (χ3v) is 4.47. The fourth-order valence-corrected chi connectivity index (χ4v) is 3.06. The Balaban J connectivity index is 1.56. The van der Waals surface area contributed by atoms with Gasteiger partial charge in [0.1, 0.15) is 0 Å². The molecule has 0 heterocycles. The molecule has 0 radical (unpaired) electrons. The number of aryl methyl sites for hydroxylation is 1. The van der Waals surface area contributed by atoms with Gasteiger partial charge >= 0.3 is 0 Å². The lowest BCUT2D eigenvalue weighted by atomic mass is 9.82. The summed E-state index contributed by atoms with van der Waals surface area (Å²) in [6.45, 7) is 0.757. The molecule has 1 saturated carbocycles. The quantitative estimate of drug-likeness (QED) is 0.757. The van der Waals surface area contributed by atoms with E-state index in [1.807, 2.05) is 6.07 Å². The van der Waals surface area contributed by atoms with E-state index in [4.69, 9.17) is 5.73 Å². The fraction of sp³-hybridized carbons (Fsp3) is 0.611. The van der Waals surface area contributed by atoms with Crippen molar-refractivity contribution in [2.75, 3.05) is 6.54 Å². The highest BCUT2D eigenvalue weighted by Gasteiger charge is 2.34. The first-order valence-electron chi connectivity index (χ1n) is 8.32. The van der Waals surface area contributed by atoms with E-state index < -0.39 is 5.54 Å². The molecule has 1 aliphatic rings. The zero-order chi connectivity index (χ0) is 15.0. The third kappa shape index (κ3) is 5.16. The second-order valence-electron chi connectivity index (χ2n) is 6.27. The van der Waals surface area contributed by atoms with Gasteiger partial charge in [0.05, 0.1) is 5.54 Å². The molecule has 0 unspecified atom stereocenters. The monoisotopic (exact) mass is 288 g/mol. The van der Waals surface area contributed by atoms with Crippen molar-refractivity contribution < 1.29 is 4.79 Å². The highest BCUT2D eigenvalue weighted by atomic mass is 16.2. The van der Waals surface area contributed by atoms with Crippen molar-refractivity contribution in [1.82, 2.24) is 5.32 Å². The Morgan fingerprint density at radius 1 is 1.05 bits per heavy atom. The maximum Gasteiger partial charge on any atom is 0.240 e. The van der Waals surface area contributed by atoms with E-state index in [0.717, 1.165) is 51.5 Å². The molecule has 0 atom stereocenters. The molecular formula is C18H28N2O. The number of carbonyl (C=O) groups is 1. The van der Waals surface area contributed by atoms with Gasteiger partial charge in [-0.15, -0.1) is 0 Å². The first kappa shape index (κ1) is 16.0. The standard InChI is InChI=1S/C18H28N2O/c19-18(13-7-3-8-14-18)17(21)20-15-9-2-6-12-16-10-4-1-5-11-16/h1,4-5,10-11H,2-3,6-9,12-15,19H2,(H,20,21). The van der Waals surface area contributed by atoms with Crippen LogP contribution in [0.15, 0.2) is 30.3 Å². The molecular weight excluding hydrogens is 260 g/mol. The minimum absolute atomic E-state index is 0.0604. The zero-order valence-corrected chi connectivity index (χ0v) is 12.9. The van der Waals surface area contributed by atoms with Gasteiger partial charge in [-0.25, -0.2) is 0 Å². The van der Waals surface area contributed by atoms with Crippen molar-refractivity contribution in [3.63, 3.8) is 0 Å². The second-order valence-corrected chi connectivity index (χ2v) is 6.27. The molecule has 1 aliphatic carbocycles. The molecule has 21 heavy (non-hydrogen) atoms. The topological polar surface area (TPSA) is 55.1 Å². The summed E-state index contributed by atoms with van der Waals surface area (Å²) in [5.74, 6) is 0.0604. The van der Waals surface area contributed by atoms with E-state index in [2.05, 4.69) is 29.6 Å². The van der Waals surface area contributed by atoms with Crippen LogP contribution in [0.3, 0.4) is 0 Å². The Hall–Kier alpha value is -1.35. The summed E-state index contributed by atoms with van der Waals surface area (Å²) >= 11 is 0. The lowest BCUT2D eigenvalue weighted by Crippen LogP contribution is -2.55. The molecule has 116 valence electrons. The van der Waals surface area contributed by atoms with Crippen LogP contribution in [0.25, 0.3) is 0 Å². The van der Waals surface area contributed by atoms with Crippen molar-refractivity contribution >= 4 is 5.91 Å². The van der Waals surface area contributed by atoms with Crippen LogP contribution in [-0.2, 0) is 11.2 Å². The lowest BCUT2D eigenvalue weighted by molar-refractivity contribution is -0.127. The van der Waals surface area contributed by atoms with Crippen LogP contribution in [0.5, 0.6) is 0 Å². The first-order valence-corrected chi connectivity index (χ1v) is 8.32. The summed E-state index contributed by atoms with van der Waals surface area (Å²) in [5, 5.41) is 3.03. The van der Waals surface area contributed by atoms with Gasteiger partial charge in [-0.3, -0.25) is 4.79 Å². The molecule has 1 aromatic rings. The average molecular weight is 288 g/mol. The van der Waals surface area contributed by atoms with Gasteiger partial charge in [0.15, 0.2) is 0 Å². The number of nitrogens with one attached hydrogen (secondary N) is 1. The van der Waals surface area contributed by atoms with Gasteiger partial charge in [0.25, 0.3) is 0 Å². The number of amides is 1. The van der Waals surface area contributed by atoms with Crippen LogP contribution in [0.4, 0.5) is 0 Å². The van der Waals surface area contributed by atoms with Crippen LogP contribution < -0.4 is 11.1 Å². The minimum atomic E-state index is -0.595. The van der Waals surface area contributed by atoms with E-state index in [-0.39, 0.29) is 5.91 Å². The number of nitrogens with two attached hydrogens (primary N) is 1. The Morgan fingerprint density at radius 2 is 1.76 bits per heavy atom. The lowest BCUT2D eigenvalue weighted by Gasteiger charge is -2.31. The molecule has 0 aromatic heterocycles. The molecule has 2 rings (SSSR count). The van der Waals surface area contributed by atoms with Gasteiger partial charge < -0.3 is 11.1 Å². The summed E-state index contributed by atoms with van der Waals surface area (Å²) in [6.07, 6.45) is 9.54. The maximum absolute atomic E-state index is 12.1. The highest BCUT2D eigenvalue weighted by Crippen LogP contribution is 2.25. The predicted octanol–water partition coefficient (Wildman–Crippen LogP) is 3.18. The van der Waals surface area contributed by atoms with E-state index in [0.29, 0.717) is 0 Å². The summed E-state index contributed by atoms with van der Waals surface area (Å²) in [6, 6.07) is 10.6. The summed E-state index contributed by atoms with van der Waals surface area (Å²) in [4.78, 5) is 12.1. The van der Waals surface area contributed by atoms with Crippen LogP contribution in [-0.4, -0.2) is 18.0 Å². The number of unbranched alkanes of at least 4 members (excludes halogenated alkanes) is 2. The Morgan fingerprint density at radius 3 is 2.48 bits per heavy atom. The number of benzene rings is 1. The van der Waals surface area contributed by atoms with Crippen LogP contribution >= 0.6 is 0 Å². The average Bonchev–Trinajstić information content (AvgIpc) is 2.52. The number of carbonyl (C=O) groups excluding carboxylic acids is 1. The molecule has 0 spiro atoms. The van der Waals surface area contributed by atoms with E-state index in [9.17, 15) is 4.79 Å². The molecule has 0 aliphatic heterocycles. The molecule has 3 N–H and O–H groups in total. The largest absolute Gasteiger partial charge is 0.355 e. The minimum Gasteiger partial charge on any atom is -0.355 e. The fourth-order valence-electron chi connectivity index (χ4n) is 3.06. The van der Waals surface area contributed by atoms with Gasteiger partial charge in [0.2, 0.25) is 5.91 Å². The Kier molecular flexibility index (Phi) is 6.24. The third-order valence-electron chi connectivity index (χ3n) is 4.47. The Bertz CT molecular complexity index is 424. The van der Waals surface area contributed by atoms with Gasteiger partial charge in [-0.05, 0) is 37.7 Å². The normalized spacial score (nSPS) is 17.4. The van der Waals surface area contributed by atoms with Gasteiger partial charge in [0, 0.05) is 6.54 Å². The predicted molar refractivity (Wildman–Crippen MR) is 87.0 cm³/mol. The molecule has 1 aromatic carbocycles. The first-order chi connectivity index (χ1) is 10.2. The van der Waals surface area contributed by atoms with E-state index in [1.54, 1.807) is 0 Å². The second kappa shape index (κ2) is 8.18. The SMILES string of the molecule is NC1(C(=O)NCCCCCc2ccccc2)CCCCC1. The van der Waals surface area contributed by atoms with Gasteiger partial charge in [-0.1, -0.05) is 56.0 Å². The summed E-state index contributed by atoms with van der Waals surface area (Å²) < 4.78 is 0. The summed E-state index contributed by atoms with van der Waals surface area (Å²) in [7, 11) is 0. The molecule has 3 heteroatoms. The molecule has 3 nitrogen and oxygen atoms in total. The van der Waals surface area contributed by atoms with Crippen LogP contribution in [0, 0.1) is 0 Å². The van der Waals surface area contributed by atoms with Crippen molar-refractivity contribution in [2.24, 2.45) is 5.73 Å². The Labute approximate surface area is 128 Å². The van der Waals surface area contributed by atoms with Crippen molar-refractivity contribution in [2.45, 2.75) is 63.3 Å². The number of rotatable bonds is 7. The van der Waals surface area contributed by atoms with Crippen molar-refractivity contribution in [1.29, 1.82) is 0 Å². The molecule has 1 amide bonds. The van der Waals surface area contributed by atoms with Crippen molar-refractivity contribution in [3.05, 3.63) is 35.9 Å². The summed E-state index contributed by atoms with van der Waals surface area (Å²) in [5.41, 5.74) is 7.01.